The van der Waals surface area contributed by atoms with Crippen LogP contribution in [0.4, 0.5) is 0 Å². The Labute approximate surface area is 115 Å². The third kappa shape index (κ3) is 3.94. The van der Waals surface area contributed by atoms with Gasteiger partial charge < -0.3 is 4.90 Å². The molecule has 1 rings (SSSR count). The highest BCUT2D eigenvalue weighted by molar-refractivity contribution is 14.1. The number of hydrogen-bond acceptors (Lipinski definition) is 1. The van der Waals surface area contributed by atoms with Crippen molar-refractivity contribution < 1.29 is 4.79 Å². The average molecular weight is 352 g/mol. The predicted octanol–water partition coefficient (Wildman–Crippen LogP) is 3.38. The van der Waals surface area contributed by atoms with Gasteiger partial charge >= 0.3 is 0 Å². The molecule has 0 aromatic heterocycles. The van der Waals surface area contributed by atoms with Crippen LogP contribution in [0.25, 0.3) is 0 Å². The molecule has 0 radical (unpaired) electrons. The molecule has 0 fully saturated rings. The molecule has 0 spiro atoms. The second-order valence-corrected chi connectivity index (χ2v) is 5.06. The van der Waals surface area contributed by atoms with Crippen LogP contribution >= 0.6 is 34.2 Å². The molecule has 0 heterocycles. The smallest absolute Gasteiger partial charge is 0.253 e. The molecule has 4 heteroatoms. The zero-order valence-corrected chi connectivity index (χ0v) is 12.2. The molecule has 2 nitrogen and oxygen atoms in total. The number of benzene rings is 1. The highest BCUT2D eigenvalue weighted by atomic mass is 127. The molecular formula is C12H15ClINO. The third-order valence-corrected chi connectivity index (χ3v) is 3.31. The van der Waals surface area contributed by atoms with E-state index in [1.54, 1.807) is 0 Å². The van der Waals surface area contributed by atoms with Crippen molar-refractivity contribution in [2.24, 2.45) is 0 Å². The summed E-state index contributed by atoms with van der Waals surface area (Å²) < 4.78 is 1.14. The van der Waals surface area contributed by atoms with Crippen LogP contribution in [-0.2, 0) is 0 Å². The predicted molar refractivity (Wildman–Crippen MR) is 76.1 cm³/mol. The van der Waals surface area contributed by atoms with E-state index in [2.05, 4.69) is 22.6 Å². The van der Waals surface area contributed by atoms with E-state index in [-0.39, 0.29) is 5.91 Å². The van der Waals surface area contributed by atoms with Crippen LogP contribution in [0, 0.1) is 3.57 Å². The van der Waals surface area contributed by atoms with E-state index >= 15 is 0 Å². The molecule has 0 saturated heterocycles. The topological polar surface area (TPSA) is 20.3 Å². The van der Waals surface area contributed by atoms with Gasteiger partial charge in [0.05, 0.1) is 0 Å². The molecule has 1 aromatic rings. The summed E-state index contributed by atoms with van der Waals surface area (Å²) in [4.78, 5) is 13.9. The van der Waals surface area contributed by atoms with Crippen LogP contribution in [-0.4, -0.2) is 29.8 Å². The molecule has 0 aliphatic carbocycles. The van der Waals surface area contributed by atoms with E-state index in [9.17, 15) is 4.79 Å². The van der Waals surface area contributed by atoms with Crippen molar-refractivity contribution in [2.45, 2.75) is 13.3 Å². The van der Waals surface area contributed by atoms with Crippen molar-refractivity contribution in [1.29, 1.82) is 0 Å². The molecule has 0 bridgehead atoms. The van der Waals surface area contributed by atoms with Crippen LogP contribution in [0.5, 0.6) is 0 Å². The number of rotatable bonds is 5. The molecule has 0 aliphatic rings. The van der Waals surface area contributed by atoms with E-state index in [1.165, 1.54) is 0 Å². The standard InChI is InChI=1S/C12H15ClINO/c1-2-15(9-3-8-13)12(16)10-4-6-11(14)7-5-10/h4-7H,2-3,8-9H2,1H3. The maximum Gasteiger partial charge on any atom is 0.253 e. The highest BCUT2D eigenvalue weighted by Crippen LogP contribution is 2.09. The normalized spacial score (nSPS) is 10.2. The number of nitrogens with zero attached hydrogens (tertiary/aromatic N) is 1. The Morgan fingerprint density at radius 2 is 2.00 bits per heavy atom. The van der Waals surface area contributed by atoms with Gasteiger partial charge in [-0.2, -0.15) is 0 Å². The van der Waals surface area contributed by atoms with Crippen LogP contribution in [0.1, 0.15) is 23.7 Å². The maximum atomic E-state index is 12.1. The first kappa shape index (κ1) is 13.8. The van der Waals surface area contributed by atoms with Crippen molar-refractivity contribution in [2.75, 3.05) is 19.0 Å². The van der Waals surface area contributed by atoms with Gasteiger partial charge in [-0.1, -0.05) is 0 Å². The van der Waals surface area contributed by atoms with E-state index in [0.717, 1.165) is 28.6 Å². The summed E-state index contributed by atoms with van der Waals surface area (Å²) in [6.45, 7) is 3.44. The number of carbonyl (C=O) groups excluding carboxylic acids is 1. The zero-order valence-electron chi connectivity index (χ0n) is 9.25. The minimum Gasteiger partial charge on any atom is -0.339 e. The zero-order chi connectivity index (χ0) is 12.0. The largest absolute Gasteiger partial charge is 0.339 e. The minimum atomic E-state index is 0.0871. The Bertz CT molecular complexity index is 339. The summed E-state index contributed by atoms with van der Waals surface area (Å²) in [7, 11) is 0. The molecule has 1 amide bonds. The summed E-state index contributed by atoms with van der Waals surface area (Å²) >= 11 is 7.86. The first-order valence-electron chi connectivity index (χ1n) is 5.29. The van der Waals surface area contributed by atoms with Crippen LogP contribution in [0.3, 0.4) is 0 Å². The Hall–Kier alpha value is -0.290. The fourth-order valence-corrected chi connectivity index (χ4v) is 1.91. The van der Waals surface area contributed by atoms with Crippen LogP contribution in [0.2, 0.25) is 0 Å². The maximum absolute atomic E-state index is 12.1. The molecule has 0 saturated carbocycles. The van der Waals surface area contributed by atoms with Gasteiger partial charge in [0.2, 0.25) is 0 Å². The molecule has 0 atom stereocenters. The Balaban J connectivity index is 2.70. The molecule has 1 aromatic carbocycles. The van der Waals surface area contributed by atoms with Gasteiger partial charge in [0.15, 0.2) is 0 Å². The second-order valence-electron chi connectivity index (χ2n) is 3.43. The molecule has 0 N–H and O–H groups in total. The fourth-order valence-electron chi connectivity index (χ4n) is 1.43. The monoisotopic (exact) mass is 351 g/mol. The quantitative estimate of drug-likeness (QED) is 0.588. The Morgan fingerprint density at radius 3 is 2.50 bits per heavy atom. The summed E-state index contributed by atoms with van der Waals surface area (Å²) in [6, 6.07) is 7.63. The minimum absolute atomic E-state index is 0.0871. The molecule has 0 aliphatic heterocycles. The lowest BCUT2D eigenvalue weighted by atomic mass is 10.2. The van der Waals surface area contributed by atoms with Gasteiger partial charge in [-0.15, -0.1) is 11.6 Å². The van der Waals surface area contributed by atoms with Crippen LogP contribution < -0.4 is 0 Å². The summed E-state index contributed by atoms with van der Waals surface area (Å²) in [5.74, 6) is 0.681. The van der Waals surface area contributed by atoms with Crippen molar-refractivity contribution in [3.8, 4) is 0 Å². The number of halogens is 2. The first-order valence-corrected chi connectivity index (χ1v) is 6.91. The number of alkyl halides is 1. The van der Waals surface area contributed by atoms with Crippen molar-refractivity contribution in [3.63, 3.8) is 0 Å². The average Bonchev–Trinajstić information content (AvgIpc) is 2.30. The van der Waals surface area contributed by atoms with Crippen LogP contribution in [0.15, 0.2) is 24.3 Å². The van der Waals surface area contributed by atoms with Crippen molar-refractivity contribution in [1.82, 2.24) is 4.90 Å². The van der Waals surface area contributed by atoms with Gasteiger partial charge in [-0.3, -0.25) is 4.79 Å². The van der Waals surface area contributed by atoms with E-state index in [4.69, 9.17) is 11.6 Å². The Morgan fingerprint density at radius 1 is 1.38 bits per heavy atom. The molecular weight excluding hydrogens is 336 g/mol. The van der Waals surface area contributed by atoms with Gasteiger partial charge in [-0.25, -0.2) is 0 Å². The third-order valence-electron chi connectivity index (χ3n) is 2.32. The van der Waals surface area contributed by atoms with E-state index < -0.39 is 0 Å². The van der Waals surface area contributed by atoms with E-state index in [1.807, 2.05) is 36.1 Å². The molecule has 16 heavy (non-hydrogen) atoms. The van der Waals surface area contributed by atoms with Gasteiger partial charge in [0.25, 0.3) is 5.91 Å². The fraction of sp³-hybridized carbons (Fsp3) is 0.417. The highest BCUT2D eigenvalue weighted by Gasteiger charge is 2.12. The number of carbonyl (C=O) groups is 1. The SMILES string of the molecule is CCN(CCCCl)C(=O)c1ccc(I)cc1. The van der Waals surface area contributed by atoms with Crippen molar-refractivity contribution >= 4 is 40.1 Å². The molecule has 88 valence electrons. The lowest BCUT2D eigenvalue weighted by molar-refractivity contribution is 0.0765. The first-order chi connectivity index (χ1) is 7.69. The van der Waals surface area contributed by atoms with Gasteiger partial charge in [0, 0.05) is 28.1 Å². The molecule has 0 unspecified atom stereocenters. The Kier molecular flexibility index (Phi) is 6.13. The lowest BCUT2D eigenvalue weighted by Crippen LogP contribution is -2.31. The summed E-state index contributed by atoms with van der Waals surface area (Å²) in [5.41, 5.74) is 0.747. The number of hydrogen-bond donors (Lipinski definition) is 0. The van der Waals surface area contributed by atoms with E-state index in [0.29, 0.717) is 5.88 Å². The van der Waals surface area contributed by atoms with Gasteiger partial charge in [0.1, 0.15) is 0 Å². The summed E-state index contributed by atoms with van der Waals surface area (Å²) in [6.07, 6.45) is 0.839. The summed E-state index contributed by atoms with van der Waals surface area (Å²) in [5, 5.41) is 0. The second kappa shape index (κ2) is 7.12. The lowest BCUT2D eigenvalue weighted by Gasteiger charge is -2.20. The van der Waals surface area contributed by atoms with Gasteiger partial charge in [-0.05, 0) is 60.2 Å². The van der Waals surface area contributed by atoms with Crippen molar-refractivity contribution in [3.05, 3.63) is 33.4 Å². The number of amides is 1.